The fraction of sp³-hybridized carbons (Fsp3) is 0.250. The molecule has 0 bridgehead atoms. The number of hydrogen-bond acceptors (Lipinski definition) is 2. The second kappa shape index (κ2) is 3.60. The monoisotopic (exact) mass is 219 g/mol. The number of para-hydroxylation sites is 1. The molecule has 15 heavy (non-hydrogen) atoms. The molecule has 0 spiro atoms. The molecule has 0 atom stereocenters. The smallest absolute Gasteiger partial charge is 0.154 e. The highest BCUT2D eigenvalue weighted by Crippen LogP contribution is 2.33. The van der Waals surface area contributed by atoms with Crippen LogP contribution in [0.1, 0.15) is 31.1 Å². The molecule has 2 rings (SSSR count). The van der Waals surface area contributed by atoms with E-state index in [2.05, 4.69) is 6.07 Å². The number of fused-ring (bicyclic) bond motifs is 1. The van der Waals surface area contributed by atoms with E-state index in [9.17, 15) is 0 Å². The van der Waals surface area contributed by atoms with Gasteiger partial charge in [0.25, 0.3) is 0 Å². The van der Waals surface area contributed by atoms with E-state index in [0.717, 1.165) is 5.39 Å². The van der Waals surface area contributed by atoms with Crippen LogP contribution in [0.2, 0.25) is 5.02 Å². The van der Waals surface area contributed by atoms with Crippen LogP contribution in [0.15, 0.2) is 22.6 Å². The first-order chi connectivity index (χ1) is 7.15. The van der Waals surface area contributed by atoms with Crippen molar-refractivity contribution >= 4 is 22.6 Å². The van der Waals surface area contributed by atoms with Crippen LogP contribution in [-0.4, -0.2) is 0 Å². The van der Waals surface area contributed by atoms with E-state index in [1.807, 2.05) is 26.0 Å². The van der Waals surface area contributed by atoms with Gasteiger partial charge < -0.3 is 4.42 Å². The van der Waals surface area contributed by atoms with Crippen molar-refractivity contribution < 1.29 is 4.42 Å². The number of nitrogens with zero attached hydrogens (tertiary/aromatic N) is 1. The lowest BCUT2D eigenvalue weighted by Gasteiger charge is -1.98. The third-order valence-corrected chi connectivity index (χ3v) is 2.63. The van der Waals surface area contributed by atoms with Gasteiger partial charge in [-0.05, 0) is 12.1 Å². The highest BCUT2D eigenvalue weighted by Gasteiger charge is 2.17. The van der Waals surface area contributed by atoms with E-state index in [1.165, 1.54) is 0 Å². The van der Waals surface area contributed by atoms with Gasteiger partial charge in [0.1, 0.15) is 17.4 Å². The number of halogens is 1. The van der Waals surface area contributed by atoms with Gasteiger partial charge in [0, 0.05) is 11.3 Å². The van der Waals surface area contributed by atoms with Crippen LogP contribution >= 0.6 is 11.6 Å². The lowest BCUT2D eigenvalue weighted by atomic mass is 10.1. The average Bonchev–Trinajstić information content (AvgIpc) is 2.57. The number of hydrogen-bond donors (Lipinski definition) is 0. The topological polar surface area (TPSA) is 36.9 Å². The maximum absolute atomic E-state index is 9.09. The van der Waals surface area contributed by atoms with Gasteiger partial charge in [-0.15, -0.1) is 0 Å². The molecule has 3 heteroatoms. The Morgan fingerprint density at radius 2 is 2.13 bits per heavy atom. The molecule has 76 valence electrons. The zero-order chi connectivity index (χ0) is 11.0. The van der Waals surface area contributed by atoms with Gasteiger partial charge in [-0.25, -0.2) is 0 Å². The van der Waals surface area contributed by atoms with Crippen LogP contribution in [0.25, 0.3) is 11.0 Å². The van der Waals surface area contributed by atoms with Crippen molar-refractivity contribution in [2.24, 2.45) is 0 Å². The van der Waals surface area contributed by atoms with E-state index in [0.29, 0.717) is 21.9 Å². The summed E-state index contributed by atoms with van der Waals surface area (Å²) in [6, 6.07) is 7.62. The molecule has 1 heterocycles. The van der Waals surface area contributed by atoms with Crippen molar-refractivity contribution in [3.8, 4) is 6.07 Å². The minimum Gasteiger partial charge on any atom is -0.458 e. The molecule has 2 nitrogen and oxygen atoms in total. The summed E-state index contributed by atoms with van der Waals surface area (Å²) in [7, 11) is 0. The first kappa shape index (κ1) is 10.1. The second-order valence-corrected chi connectivity index (χ2v) is 4.13. The van der Waals surface area contributed by atoms with Crippen molar-refractivity contribution in [3.05, 3.63) is 34.5 Å². The minimum absolute atomic E-state index is 0.183. The zero-order valence-corrected chi connectivity index (χ0v) is 9.30. The molecule has 0 aliphatic rings. The number of furan rings is 1. The zero-order valence-electron chi connectivity index (χ0n) is 8.54. The molecular weight excluding hydrogens is 210 g/mol. The third-order valence-electron chi connectivity index (χ3n) is 2.33. The summed E-state index contributed by atoms with van der Waals surface area (Å²) in [5.74, 6) is 0.892. The Morgan fingerprint density at radius 3 is 2.73 bits per heavy atom. The first-order valence-corrected chi connectivity index (χ1v) is 5.14. The Labute approximate surface area is 93.1 Å². The average molecular weight is 220 g/mol. The van der Waals surface area contributed by atoms with Gasteiger partial charge in [-0.1, -0.05) is 31.5 Å². The summed E-state index contributed by atoms with van der Waals surface area (Å²) in [5, 5.41) is 10.4. The molecule has 0 radical (unpaired) electrons. The fourth-order valence-electron chi connectivity index (χ4n) is 1.63. The van der Waals surface area contributed by atoms with Gasteiger partial charge in [0.05, 0.1) is 5.02 Å². The summed E-state index contributed by atoms with van der Waals surface area (Å²) < 4.78 is 5.63. The largest absolute Gasteiger partial charge is 0.458 e. The van der Waals surface area contributed by atoms with Gasteiger partial charge in [0.2, 0.25) is 0 Å². The van der Waals surface area contributed by atoms with E-state index in [-0.39, 0.29) is 5.92 Å². The van der Waals surface area contributed by atoms with Crippen molar-refractivity contribution in [3.63, 3.8) is 0 Å². The Morgan fingerprint density at radius 1 is 1.40 bits per heavy atom. The van der Waals surface area contributed by atoms with Crippen LogP contribution < -0.4 is 0 Å². The number of benzene rings is 1. The predicted octanol–water partition coefficient (Wildman–Crippen LogP) is 4.08. The van der Waals surface area contributed by atoms with Crippen LogP contribution in [0.5, 0.6) is 0 Å². The maximum atomic E-state index is 9.09. The molecule has 0 saturated carbocycles. The van der Waals surface area contributed by atoms with Gasteiger partial charge >= 0.3 is 0 Å². The number of nitriles is 1. The maximum Gasteiger partial charge on any atom is 0.154 e. The standard InChI is InChI=1S/C12H10ClNO/c1-7(2)11-9(6-14)8-4-3-5-10(13)12(8)15-11/h3-5,7H,1-2H3. The third kappa shape index (κ3) is 1.49. The van der Waals surface area contributed by atoms with Gasteiger partial charge in [-0.2, -0.15) is 5.26 Å². The quantitative estimate of drug-likeness (QED) is 0.725. The molecule has 0 saturated heterocycles. The molecule has 0 aliphatic carbocycles. The molecule has 0 N–H and O–H groups in total. The van der Waals surface area contributed by atoms with Crippen molar-refractivity contribution in [1.82, 2.24) is 0 Å². The molecule has 0 fully saturated rings. The Balaban J connectivity index is 2.86. The van der Waals surface area contributed by atoms with Crippen LogP contribution in [0.3, 0.4) is 0 Å². The second-order valence-electron chi connectivity index (χ2n) is 3.72. The number of rotatable bonds is 1. The van der Waals surface area contributed by atoms with Crippen LogP contribution in [0, 0.1) is 11.3 Å². The van der Waals surface area contributed by atoms with Crippen molar-refractivity contribution in [1.29, 1.82) is 5.26 Å². The molecule has 1 aromatic carbocycles. The van der Waals surface area contributed by atoms with Crippen molar-refractivity contribution in [2.75, 3.05) is 0 Å². The van der Waals surface area contributed by atoms with Gasteiger partial charge in [-0.3, -0.25) is 0 Å². The highest BCUT2D eigenvalue weighted by atomic mass is 35.5. The van der Waals surface area contributed by atoms with E-state index < -0.39 is 0 Å². The molecular formula is C12H10ClNO. The summed E-state index contributed by atoms with van der Waals surface area (Å²) in [5.41, 5.74) is 1.21. The Bertz CT molecular complexity index is 548. The summed E-state index contributed by atoms with van der Waals surface area (Å²) >= 11 is 6.00. The summed E-state index contributed by atoms with van der Waals surface area (Å²) in [6.45, 7) is 3.99. The lowest BCUT2D eigenvalue weighted by Crippen LogP contribution is -1.86. The van der Waals surface area contributed by atoms with Crippen LogP contribution in [0.4, 0.5) is 0 Å². The summed E-state index contributed by atoms with van der Waals surface area (Å²) in [6.07, 6.45) is 0. The fourth-order valence-corrected chi connectivity index (χ4v) is 1.84. The minimum atomic E-state index is 0.183. The van der Waals surface area contributed by atoms with Crippen molar-refractivity contribution in [2.45, 2.75) is 19.8 Å². The normalized spacial score (nSPS) is 10.9. The highest BCUT2D eigenvalue weighted by molar-refractivity contribution is 6.35. The molecule has 0 amide bonds. The predicted molar refractivity (Wildman–Crippen MR) is 60.0 cm³/mol. The first-order valence-electron chi connectivity index (χ1n) is 4.76. The lowest BCUT2D eigenvalue weighted by molar-refractivity contribution is 0.520. The Kier molecular flexibility index (Phi) is 2.42. The van der Waals surface area contributed by atoms with Crippen LogP contribution in [-0.2, 0) is 0 Å². The molecule has 0 unspecified atom stereocenters. The molecule has 2 aromatic rings. The molecule has 0 aliphatic heterocycles. The summed E-state index contributed by atoms with van der Waals surface area (Å²) in [4.78, 5) is 0. The van der Waals surface area contributed by atoms with E-state index in [1.54, 1.807) is 6.07 Å². The van der Waals surface area contributed by atoms with E-state index >= 15 is 0 Å². The Hall–Kier alpha value is -1.46. The molecule has 1 aromatic heterocycles. The van der Waals surface area contributed by atoms with Gasteiger partial charge in [0.15, 0.2) is 5.58 Å². The van der Waals surface area contributed by atoms with E-state index in [4.69, 9.17) is 21.3 Å². The SMILES string of the molecule is CC(C)c1oc2c(Cl)cccc2c1C#N.